The van der Waals surface area contributed by atoms with Gasteiger partial charge in [-0.15, -0.1) is 0 Å². The van der Waals surface area contributed by atoms with Gasteiger partial charge in [-0.3, -0.25) is 0 Å². The fraction of sp³-hybridized carbons (Fsp3) is 0.391. The first-order valence-electron chi connectivity index (χ1n) is 9.63. The minimum Gasteiger partial charge on any atom is -0.467 e. The Morgan fingerprint density at radius 1 is 1.03 bits per heavy atom. The zero-order valence-electron chi connectivity index (χ0n) is 17.2. The largest absolute Gasteiger partial charge is 0.467 e. The average Bonchev–Trinajstić information content (AvgIpc) is 2.99. The molecule has 0 saturated carbocycles. The Kier molecular flexibility index (Phi) is 6.52. The highest BCUT2D eigenvalue weighted by Gasteiger charge is 2.29. The first kappa shape index (κ1) is 21.2. The predicted molar refractivity (Wildman–Crippen MR) is 116 cm³/mol. The van der Waals surface area contributed by atoms with Crippen LogP contribution in [0.15, 0.2) is 48.5 Å². The summed E-state index contributed by atoms with van der Waals surface area (Å²) < 4.78 is 10.1. The van der Waals surface area contributed by atoms with E-state index in [0.717, 1.165) is 5.75 Å². The molecule has 0 spiro atoms. The molecule has 0 bridgehead atoms. The molecule has 1 atom stereocenters. The van der Waals surface area contributed by atoms with Gasteiger partial charge in [-0.25, -0.2) is 9.59 Å². The van der Waals surface area contributed by atoms with Crippen molar-refractivity contribution in [2.24, 2.45) is 0 Å². The molecule has 0 aromatic heterocycles. The number of hydrogen-bond acceptors (Lipinski definition) is 5. The highest BCUT2D eigenvalue weighted by molar-refractivity contribution is 7.99. The molecule has 154 valence electrons. The Morgan fingerprint density at radius 3 is 2.10 bits per heavy atom. The number of alkyl carbamates (subject to hydrolysis) is 1. The van der Waals surface area contributed by atoms with Gasteiger partial charge in [0.2, 0.25) is 0 Å². The molecule has 2 aromatic rings. The van der Waals surface area contributed by atoms with Gasteiger partial charge in [0.25, 0.3) is 0 Å². The van der Waals surface area contributed by atoms with Crippen LogP contribution < -0.4 is 5.32 Å². The third kappa shape index (κ3) is 5.12. The van der Waals surface area contributed by atoms with E-state index in [9.17, 15) is 9.59 Å². The van der Waals surface area contributed by atoms with Crippen LogP contribution in [0.4, 0.5) is 4.79 Å². The number of nitrogens with one attached hydrogen (secondary N) is 1. The van der Waals surface area contributed by atoms with E-state index in [2.05, 4.69) is 53.8 Å². The number of benzene rings is 2. The maximum Gasteiger partial charge on any atom is 0.408 e. The summed E-state index contributed by atoms with van der Waals surface area (Å²) in [7, 11) is 1.32. The maximum atomic E-state index is 12.1. The van der Waals surface area contributed by atoms with Gasteiger partial charge in [-0.2, -0.15) is 11.8 Å². The summed E-state index contributed by atoms with van der Waals surface area (Å²) in [5.74, 6) is 0.993. The fourth-order valence-corrected chi connectivity index (χ4v) is 4.69. The Morgan fingerprint density at radius 2 is 1.59 bits per heavy atom. The molecule has 2 aromatic carbocycles. The van der Waals surface area contributed by atoms with E-state index >= 15 is 0 Å². The highest BCUT2D eigenvalue weighted by atomic mass is 32.2. The van der Waals surface area contributed by atoms with Gasteiger partial charge in [0.1, 0.15) is 11.6 Å². The van der Waals surface area contributed by atoms with Crippen LogP contribution in [0.25, 0.3) is 11.1 Å². The number of thioether (sulfide) groups is 1. The molecule has 0 unspecified atom stereocenters. The van der Waals surface area contributed by atoms with E-state index in [4.69, 9.17) is 9.47 Å². The molecule has 0 radical (unpaired) electrons. The summed E-state index contributed by atoms with van der Waals surface area (Å²) in [5.41, 5.74) is 4.51. The molecule has 6 heteroatoms. The highest BCUT2D eigenvalue weighted by Crippen LogP contribution is 2.45. The number of amides is 1. The van der Waals surface area contributed by atoms with Crippen molar-refractivity contribution in [3.63, 3.8) is 0 Å². The van der Waals surface area contributed by atoms with E-state index in [-0.39, 0.29) is 5.92 Å². The number of fused-ring (bicyclic) bond motifs is 3. The van der Waals surface area contributed by atoms with Gasteiger partial charge < -0.3 is 14.8 Å². The first-order chi connectivity index (χ1) is 13.8. The lowest BCUT2D eigenvalue weighted by atomic mass is 9.99. The van der Waals surface area contributed by atoms with Gasteiger partial charge in [-0.1, -0.05) is 48.5 Å². The van der Waals surface area contributed by atoms with Crippen molar-refractivity contribution in [2.75, 3.05) is 18.6 Å². The molecule has 5 nitrogen and oxygen atoms in total. The molecule has 0 heterocycles. The van der Waals surface area contributed by atoms with E-state index in [1.54, 1.807) is 32.5 Å². The lowest BCUT2D eigenvalue weighted by Crippen LogP contribution is -2.45. The molecule has 0 aliphatic heterocycles. The smallest absolute Gasteiger partial charge is 0.408 e. The molecule has 1 aliphatic carbocycles. The molecule has 0 fully saturated rings. The number of rotatable bonds is 6. The van der Waals surface area contributed by atoms with Crippen LogP contribution in [-0.4, -0.2) is 42.3 Å². The molecule has 0 saturated heterocycles. The van der Waals surface area contributed by atoms with Crippen molar-refractivity contribution in [3.8, 4) is 11.1 Å². The number of ether oxygens (including phenoxy) is 2. The summed E-state index contributed by atoms with van der Waals surface area (Å²) in [6.45, 7) is 5.34. The van der Waals surface area contributed by atoms with Crippen molar-refractivity contribution >= 4 is 23.8 Å². The van der Waals surface area contributed by atoms with Gasteiger partial charge in [0.05, 0.1) is 7.11 Å². The standard InChI is InChI=1S/C23H27NO4S/c1-23(2,3)28-22(26)24-20(21(25)27-4)14-29-13-19-17-11-7-5-9-15(17)16-10-6-8-12-18(16)19/h5-12,19-20H,13-14H2,1-4H3,(H,24,26)/t20-/m0/s1. The van der Waals surface area contributed by atoms with E-state index in [1.165, 1.54) is 29.4 Å². The SMILES string of the molecule is COC(=O)[C@H](CSCC1c2ccccc2-c2ccccc21)NC(=O)OC(C)(C)C. The van der Waals surface area contributed by atoms with Crippen LogP contribution in [0.3, 0.4) is 0 Å². The fourth-order valence-electron chi connectivity index (χ4n) is 3.50. The monoisotopic (exact) mass is 413 g/mol. The average molecular weight is 414 g/mol. The van der Waals surface area contributed by atoms with Crippen molar-refractivity contribution in [2.45, 2.75) is 38.3 Å². The second-order valence-electron chi connectivity index (χ2n) is 7.99. The lowest BCUT2D eigenvalue weighted by Gasteiger charge is -2.23. The summed E-state index contributed by atoms with van der Waals surface area (Å²) in [4.78, 5) is 24.2. The van der Waals surface area contributed by atoms with E-state index < -0.39 is 23.7 Å². The molecule has 1 aliphatic rings. The zero-order valence-corrected chi connectivity index (χ0v) is 18.0. The summed E-state index contributed by atoms with van der Waals surface area (Å²) >= 11 is 1.62. The Labute approximate surface area is 176 Å². The number of hydrogen-bond donors (Lipinski definition) is 1. The summed E-state index contributed by atoms with van der Waals surface area (Å²) in [5, 5.41) is 2.63. The van der Waals surface area contributed by atoms with Gasteiger partial charge >= 0.3 is 12.1 Å². The van der Waals surface area contributed by atoms with Crippen LogP contribution in [0.2, 0.25) is 0 Å². The van der Waals surface area contributed by atoms with Crippen LogP contribution in [0.1, 0.15) is 37.8 Å². The van der Waals surface area contributed by atoms with Crippen LogP contribution >= 0.6 is 11.8 Å². The van der Waals surface area contributed by atoms with Crippen molar-refractivity contribution in [1.82, 2.24) is 5.32 Å². The normalized spacial score (nSPS) is 13.9. The Hall–Kier alpha value is -2.47. The second-order valence-corrected chi connectivity index (χ2v) is 9.06. The number of carbonyl (C=O) groups is 2. The number of esters is 1. The maximum absolute atomic E-state index is 12.1. The molecule has 1 amide bonds. The number of methoxy groups -OCH3 is 1. The van der Waals surface area contributed by atoms with Crippen molar-refractivity contribution in [3.05, 3.63) is 59.7 Å². The molecule has 1 N–H and O–H groups in total. The minimum absolute atomic E-state index is 0.257. The Balaban J connectivity index is 1.67. The minimum atomic E-state index is -0.758. The predicted octanol–water partition coefficient (Wildman–Crippen LogP) is 4.60. The van der Waals surface area contributed by atoms with E-state index in [0.29, 0.717) is 5.75 Å². The molecular formula is C23H27NO4S. The van der Waals surface area contributed by atoms with E-state index in [1.807, 2.05) is 0 Å². The van der Waals surface area contributed by atoms with Crippen LogP contribution in [-0.2, 0) is 14.3 Å². The number of carbonyl (C=O) groups excluding carboxylic acids is 2. The van der Waals surface area contributed by atoms with Gasteiger partial charge in [0.15, 0.2) is 0 Å². The summed E-state index contributed by atoms with van der Waals surface area (Å²) in [6, 6.07) is 16.1. The summed E-state index contributed by atoms with van der Waals surface area (Å²) in [6.07, 6.45) is -0.620. The third-order valence-corrected chi connectivity index (χ3v) is 5.85. The molecule has 29 heavy (non-hydrogen) atoms. The van der Waals surface area contributed by atoms with Gasteiger partial charge in [0, 0.05) is 17.4 Å². The lowest BCUT2D eigenvalue weighted by molar-refractivity contribution is -0.142. The third-order valence-electron chi connectivity index (χ3n) is 4.71. The van der Waals surface area contributed by atoms with Crippen LogP contribution in [0.5, 0.6) is 0 Å². The molecular weight excluding hydrogens is 386 g/mol. The molecule has 3 rings (SSSR count). The zero-order chi connectivity index (χ0) is 21.0. The quantitative estimate of drug-likeness (QED) is 0.701. The topological polar surface area (TPSA) is 64.6 Å². The Bertz CT molecular complexity index is 845. The van der Waals surface area contributed by atoms with Crippen molar-refractivity contribution < 1.29 is 19.1 Å². The second kappa shape index (κ2) is 8.91. The van der Waals surface area contributed by atoms with Gasteiger partial charge in [-0.05, 0) is 43.0 Å². The first-order valence-corrected chi connectivity index (χ1v) is 10.8. The van der Waals surface area contributed by atoms with Crippen LogP contribution in [0, 0.1) is 0 Å². The van der Waals surface area contributed by atoms with Crippen molar-refractivity contribution in [1.29, 1.82) is 0 Å².